The van der Waals surface area contributed by atoms with E-state index in [-0.39, 0.29) is 16.3 Å². The molecule has 31 heavy (non-hydrogen) atoms. The number of carbonyl (C=O) groups is 3. The molecule has 0 saturated heterocycles. The van der Waals surface area contributed by atoms with Crippen LogP contribution in [0.2, 0.25) is 5.02 Å². The third-order valence-electron chi connectivity index (χ3n) is 6.61. The summed E-state index contributed by atoms with van der Waals surface area (Å²) in [6.45, 7) is 1.60. The number of primary amides is 1. The second kappa shape index (κ2) is 6.46. The quantitative estimate of drug-likeness (QED) is 0.177. The number of carbonyl (C=O) groups excluding carboxylic acids is 3. The van der Waals surface area contributed by atoms with Crippen LogP contribution in [0.3, 0.4) is 0 Å². The van der Waals surface area contributed by atoms with Crippen molar-refractivity contribution in [3.8, 4) is 5.75 Å². The van der Waals surface area contributed by atoms with Crippen LogP contribution in [-0.4, -0.2) is 54.7 Å². The number of hydrogen-bond acceptors (Lipinski definition) is 9. The zero-order valence-electron chi connectivity index (χ0n) is 16.1. The van der Waals surface area contributed by atoms with E-state index in [0.717, 1.165) is 0 Å². The number of nitrogens with two attached hydrogens (primary N) is 2. The molecule has 9 N–H and O–H groups in total. The van der Waals surface area contributed by atoms with E-state index in [1.165, 1.54) is 6.07 Å². The van der Waals surface area contributed by atoms with Gasteiger partial charge in [-0.05, 0) is 17.5 Å². The SMILES string of the molecule is C[C@@H]1c2cc(Cl)c(N)c(O)c2C(O)=C2C(=O)[C@]3(O)C(O)=C(C(N)=O)C(=O)C[C@@H]3[C@@H](O)[C@@H]21. The molecule has 1 amide bonds. The molecule has 0 aromatic heterocycles. The number of amides is 1. The van der Waals surface area contributed by atoms with Crippen molar-refractivity contribution in [3.63, 3.8) is 0 Å². The first kappa shape index (κ1) is 21.2. The highest BCUT2D eigenvalue weighted by molar-refractivity contribution is 6.33. The number of rotatable bonds is 1. The number of aromatic hydroxyl groups is 1. The molecular weight excluding hydrogens is 432 g/mol. The number of aliphatic hydroxyl groups is 4. The van der Waals surface area contributed by atoms with Gasteiger partial charge in [-0.15, -0.1) is 0 Å². The Morgan fingerprint density at radius 2 is 1.87 bits per heavy atom. The minimum absolute atomic E-state index is 0.00740. The number of anilines is 1. The minimum Gasteiger partial charge on any atom is -0.508 e. The lowest BCUT2D eigenvalue weighted by Crippen LogP contribution is -2.63. The van der Waals surface area contributed by atoms with E-state index in [4.69, 9.17) is 23.1 Å². The molecule has 0 unspecified atom stereocenters. The molecule has 0 radical (unpaired) electrons. The minimum atomic E-state index is -2.87. The molecule has 0 heterocycles. The number of hydrogen-bond donors (Lipinski definition) is 7. The molecular formula is C20H19ClN2O8. The number of nitrogen functional groups attached to an aromatic ring is 1. The van der Waals surface area contributed by atoms with E-state index in [1.807, 2.05) is 0 Å². The molecule has 0 spiro atoms. The fourth-order valence-corrected chi connectivity index (χ4v) is 5.25. The zero-order chi connectivity index (χ0) is 23.2. The Labute approximate surface area is 180 Å². The van der Waals surface area contributed by atoms with Gasteiger partial charge in [0.1, 0.15) is 17.1 Å². The van der Waals surface area contributed by atoms with Gasteiger partial charge >= 0.3 is 0 Å². The highest BCUT2D eigenvalue weighted by atomic mass is 35.5. The summed E-state index contributed by atoms with van der Waals surface area (Å²) in [6, 6.07) is 1.39. The predicted molar refractivity (Wildman–Crippen MR) is 107 cm³/mol. The summed E-state index contributed by atoms with van der Waals surface area (Å²) in [4.78, 5) is 37.4. The molecule has 10 nitrogen and oxygen atoms in total. The van der Waals surface area contributed by atoms with Gasteiger partial charge < -0.3 is 37.0 Å². The zero-order valence-corrected chi connectivity index (χ0v) is 16.8. The first-order chi connectivity index (χ1) is 14.3. The fourth-order valence-electron chi connectivity index (χ4n) is 5.04. The maximum Gasteiger partial charge on any atom is 0.255 e. The van der Waals surface area contributed by atoms with Gasteiger partial charge in [-0.3, -0.25) is 14.4 Å². The van der Waals surface area contributed by atoms with Crippen LogP contribution in [0.25, 0.3) is 5.76 Å². The third kappa shape index (κ3) is 2.43. The second-order valence-corrected chi connectivity index (χ2v) is 8.48. The number of aliphatic hydroxyl groups excluding tert-OH is 3. The van der Waals surface area contributed by atoms with Crippen molar-refractivity contribution in [1.29, 1.82) is 0 Å². The number of ketones is 2. The molecule has 1 saturated carbocycles. The van der Waals surface area contributed by atoms with Gasteiger partial charge in [-0.25, -0.2) is 0 Å². The summed E-state index contributed by atoms with van der Waals surface area (Å²) >= 11 is 6.04. The Kier molecular flexibility index (Phi) is 4.41. The van der Waals surface area contributed by atoms with Gasteiger partial charge in [0.05, 0.1) is 22.4 Å². The van der Waals surface area contributed by atoms with Crippen molar-refractivity contribution in [2.24, 2.45) is 17.6 Å². The molecule has 164 valence electrons. The van der Waals surface area contributed by atoms with Gasteiger partial charge in [-0.1, -0.05) is 18.5 Å². The highest BCUT2D eigenvalue weighted by Crippen LogP contribution is 2.56. The number of benzene rings is 1. The molecule has 0 aliphatic heterocycles. The molecule has 4 rings (SSSR count). The molecule has 11 heteroatoms. The average molecular weight is 451 g/mol. The fraction of sp³-hybridized carbons (Fsp3) is 0.350. The van der Waals surface area contributed by atoms with Gasteiger partial charge in [-0.2, -0.15) is 0 Å². The van der Waals surface area contributed by atoms with E-state index >= 15 is 0 Å². The predicted octanol–water partition coefficient (Wildman–Crippen LogP) is 0.191. The molecule has 0 bridgehead atoms. The number of phenols is 1. The van der Waals surface area contributed by atoms with Crippen LogP contribution < -0.4 is 11.5 Å². The molecule has 1 aromatic carbocycles. The Bertz CT molecular complexity index is 1160. The molecule has 3 aliphatic rings. The lowest BCUT2D eigenvalue weighted by molar-refractivity contribution is -0.160. The van der Waals surface area contributed by atoms with Crippen LogP contribution >= 0.6 is 11.6 Å². The van der Waals surface area contributed by atoms with Gasteiger partial charge in [0.15, 0.2) is 17.1 Å². The summed E-state index contributed by atoms with van der Waals surface area (Å²) in [5.74, 6) is -9.46. The number of phenolic OH excluding ortho intramolecular Hbond substituents is 1. The first-order valence-electron chi connectivity index (χ1n) is 9.31. The summed E-state index contributed by atoms with van der Waals surface area (Å²) in [7, 11) is 0. The molecule has 1 fully saturated rings. The number of Topliss-reactive ketones (excluding diaryl/α,β-unsaturated/α-hetero) is 2. The summed E-state index contributed by atoms with van der Waals surface area (Å²) in [5, 5.41) is 54.1. The van der Waals surface area contributed by atoms with Crippen LogP contribution in [0.5, 0.6) is 5.75 Å². The van der Waals surface area contributed by atoms with Gasteiger partial charge in [0.25, 0.3) is 5.91 Å². The Hall–Kier alpha value is -3.08. The lowest BCUT2D eigenvalue weighted by atomic mass is 9.55. The van der Waals surface area contributed by atoms with Crippen molar-refractivity contribution in [2.75, 3.05) is 5.73 Å². The van der Waals surface area contributed by atoms with Crippen molar-refractivity contribution in [2.45, 2.75) is 31.0 Å². The lowest BCUT2D eigenvalue weighted by Gasteiger charge is -2.50. The normalized spacial score (nSPS) is 32.5. The Balaban J connectivity index is 2.04. The Morgan fingerprint density at radius 1 is 1.26 bits per heavy atom. The van der Waals surface area contributed by atoms with Crippen LogP contribution in [0.15, 0.2) is 23.0 Å². The van der Waals surface area contributed by atoms with Crippen LogP contribution in [-0.2, 0) is 14.4 Å². The Morgan fingerprint density at radius 3 is 2.45 bits per heavy atom. The van der Waals surface area contributed by atoms with Crippen molar-refractivity contribution >= 4 is 40.5 Å². The highest BCUT2D eigenvalue weighted by Gasteiger charge is 2.64. The van der Waals surface area contributed by atoms with Crippen LogP contribution in [0.4, 0.5) is 5.69 Å². The summed E-state index contributed by atoms with van der Waals surface area (Å²) in [5.41, 5.74) is 6.40. The summed E-state index contributed by atoms with van der Waals surface area (Å²) < 4.78 is 0. The first-order valence-corrected chi connectivity index (χ1v) is 9.69. The van der Waals surface area contributed by atoms with Crippen molar-refractivity contribution < 1.29 is 39.9 Å². The van der Waals surface area contributed by atoms with E-state index in [2.05, 4.69) is 0 Å². The van der Waals surface area contributed by atoms with E-state index < -0.39 is 81.8 Å². The smallest absolute Gasteiger partial charge is 0.255 e. The maximum atomic E-state index is 13.4. The standard InChI is InChI=1S/C20H19ClN2O8/c1-4-5-2-7(21)13(22)16(27)10(5)15(26)12-9(4)14(25)6-3-8(24)11(19(23)30)17(28)20(6,31)18(12)29/h2,4,6,9,14,25-28,31H,3,22H2,1H3,(H2,23,30)/t4-,6-,9-,14-,20-/m1/s1. The second-order valence-electron chi connectivity index (χ2n) is 8.07. The van der Waals surface area contributed by atoms with E-state index in [1.54, 1.807) is 6.92 Å². The van der Waals surface area contributed by atoms with Crippen LogP contribution in [0.1, 0.15) is 30.4 Å². The number of halogens is 1. The largest absolute Gasteiger partial charge is 0.508 e. The van der Waals surface area contributed by atoms with Crippen molar-refractivity contribution in [1.82, 2.24) is 0 Å². The number of fused-ring (bicyclic) bond motifs is 3. The molecule has 5 atom stereocenters. The molecule has 1 aromatic rings. The maximum absolute atomic E-state index is 13.4. The van der Waals surface area contributed by atoms with Crippen molar-refractivity contribution in [3.05, 3.63) is 39.1 Å². The average Bonchev–Trinajstić information content (AvgIpc) is 2.69. The van der Waals surface area contributed by atoms with Gasteiger partial charge in [0.2, 0.25) is 5.78 Å². The van der Waals surface area contributed by atoms with Crippen LogP contribution in [0, 0.1) is 11.8 Å². The third-order valence-corrected chi connectivity index (χ3v) is 6.92. The van der Waals surface area contributed by atoms with E-state index in [0.29, 0.717) is 5.56 Å². The topological polar surface area (TPSA) is 204 Å². The monoisotopic (exact) mass is 450 g/mol. The van der Waals surface area contributed by atoms with E-state index in [9.17, 15) is 39.9 Å². The summed E-state index contributed by atoms with van der Waals surface area (Å²) in [6.07, 6.45) is -2.23. The molecule has 3 aliphatic carbocycles. The van der Waals surface area contributed by atoms with Gasteiger partial charge in [0, 0.05) is 23.8 Å².